The van der Waals surface area contributed by atoms with Crippen molar-refractivity contribution < 1.29 is 4.39 Å². The van der Waals surface area contributed by atoms with Crippen molar-refractivity contribution >= 4 is 17.9 Å². The zero-order valence-electron chi connectivity index (χ0n) is 6.21. The predicted molar refractivity (Wildman–Crippen MR) is 44.5 cm³/mol. The first-order valence-corrected chi connectivity index (χ1v) is 3.42. The minimum atomic E-state index is -0.527. The first kappa shape index (κ1) is 6.97. The van der Waals surface area contributed by atoms with Crippen LogP contribution in [0.25, 0.3) is 5.70 Å². The lowest BCUT2D eigenvalue weighted by Gasteiger charge is -2.11. The Hall–Kier alpha value is -1.71. The average Bonchev–Trinajstić information content (AvgIpc) is 2.04. The monoisotopic (exact) mass is 163 g/mol. The molecule has 1 aromatic rings. The molecule has 2 rings (SSSR count). The predicted octanol–water partition coefficient (Wildman–Crippen LogP) is 1.45. The molecule has 3 nitrogen and oxygen atoms in total. The van der Waals surface area contributed by atoms with Crippen molar-refractivity contribution in [3.63, 3.8) is 0 Å². The first-order valence-electron chi connectivity index (χ1n) is 3.42. The van der Waals surface area contributed by atoms with Crippen molar-refractivity contribution in [1.82, 2.24) is 10.3 Å². The van der Waals surface area contributed by atoms with Crippen LogP contribution in [0.2, 0.25) is 0 Å². The van der Waals surface area contributed by atoms with Crippen LogP contribution < -0.4 is 5.32 Å². The average molecular weight is 163 g/mol. The third kappa shape index (κ3) is 0.972. The second-order valence-electron chi connectivity index (χ2n) is 2.39. The van der Waals surface area contributed by atoms with Gasteiger partial charge in [0.1, 0.15) is 0 Å². The van der Waals surface area contributed by atoms with Crippen LogP contribution >= 0.6 is 0 Å². The molecule has 0 radical (unpaired) electrons. The number of hydrogen-bond donors (Lipinski definition) is 1. The normalized spacial score (nSPS) is 13.9. The molecule has 1 aromatic heterocycles. The van der Waals surface area contributed by atoms with Crippen molar-refractivity contribution in [3.05, 3.63) is 30.2 Å². The van der Waals surface area contributed by atoms with Crippen molar-refractivity contribution in [1.29, 1.82) is 0 Å². The second kappa shape index (κ2) is 2.41. The van der Waals surface area contributed by atoms with Gasteiger partial charge in [0.2, 0.25) is 5.95 Å². The number of hydrogen-bond acceptors (Lipinski definition) is 3. The summed E-state index contributed by atoms with van der Waals surface area (Å²) >= 11 is 0. The highest BCUT2D eigenvalue weighted by Crippen LogP contribution is 2.23. The number of rotatable bonds is 0. The Kier molecular flexibility index (Phi) is 1.40. The number of aromatic nitrogens is 1. The molecular weight excluding hydrogens is 157 g/mol. The zero-order valence-corrected chi connectivity index (χ0v) is 6.21. The summed E-state index contributed by atoms with van der Waals surface area (Å²) in [4.78, 5) is 7.45. The fourth-order valence-electron chi connectivity index (χ4n) is 1.01. The maximum Gasteiger partial charge on any atom is 0.214 e. The van der Waals surface area contributed by atoms with Gasteiger partial charge in [-0.1, -0.05) is 6.58 Å². The van der Waals surface area contributed by atoms with Gasteiger partial charge in [0.25, 0.3) is 0 Å². The maximum atomic E-state index is 12.6. The molecule has 0 aromatic carbocycles. The third-order valence-electron chi connectivity index (χ3n) is 1.59. The molecule has 12 heavy (non-hydrogen) atoms. The number of nitrogens with zero attached hydrogens (tertiary/aromatic N) is 2. The Morgan fingerprint density at radius 3 is 3.08 bits per heavy atom. The van der Waals surface area contributed by atoms with E-state index in [9.17, 15) is 4.39 Å². The van der Waals surface area contributed by atoms with E-state index in [1.165, 1.54) is 12.4 Å². The summed E-state index contributed by atoms with van der Waals surface area (Å²) in [6.07, 6.45) is 1.44. The Labute approximate surface area is 68.7 Å². The van der Waals surface area contributed by atoms with Crippen molar-refractivity contribution in [2.24, 2.45) is 4.99 Å². The highest BCUT2D eigenvalue weighted by Gasteiger charge is 2.10. The quantitative estimate of drug-likeness (QED) is 0.588. The number of nitrogens with one attached hydrogen (secondary N) is 1. The topological polar surface area (TPSA) is 37.3 Å². The summed E-state index contributed by atoms with van der Waals surface area (Å²) in [6, 6.07) is 2.88. The number of fused-ring (bicyclic) bond motifs is 1. The summed E-state index contributed by atoms with van der Waals surface area (Å²) in [5.41, 5.74) is 1.42. The summed E-state index contributed by atoms with van der Waals surface area (Å²) in [5.74, 6) is -0.153. The Morgan fingerprint density at radius 1 is 1.42 bits per heavy atom. The largest absolute Gasteiger partial charge is 0.346 e. The highest BCUT2D eigenvalue weighted by molar-refractivity contribution is 5.84. The van der Waals surface area contributed by atoms with Gasteiger partial charge in [-0.15, -0.1) is 0 Å². The molecule has 0 atom stereocenters. The van der Waals surface area contributed by atoms with E-state index in [-0.39, 0.29) is 0 Å². The van der Waals surface area contributed by atoms with Crippen molar-refractivity contribution in [2.75, 3.05) is 0 Å². The van der Waals surface area contributed by atoms with Gasteiger partial charge in [-0.2, -0.15) is 9.37 Å². The molecule has 4 heteroatoms. The van der Waals surface area contributed by atoms with Gasteiger partial charge in [0, 0.05) is 11.3 Å². The van der Waals surface area contributed by atoms with E-state index < -0.39 is 5.95 Å². The van der Waals surface area contributed by atoms with Gasteiger partial charge in [0.15, 0.2) is 5.82 Å². The van der Waals surface area contributed by atoms with Crippen LogP contribution in [0.1, 0.15) is 5.56 Å². The van der Waals surface area contributed by atoms with Gasteiger partial charge in [-0.3, -0.25) is 0 Å². The molecule has 0 spiro atoms. The second-order valence-corrected chi connectivity index (χ2v) is 2.39. The minimum absolute atomic E-state index is 0.374. The molecule has 1 aliphatic heterocycles. The molecule has 1 N–H and O–H groups in total. The molecule has 2 heterocycles. The van der Waals surface area contributed by atoms with Crippen LogP contribution in [0.3, 0.4) is 0 Å². The van der Waals surface area contributed by atoms with E-state index >= 15 is 0 Å². The molecule has 60 valence electrons. The molecule has 0 unspecified atom stereocenters. The number of aliphatic imine (C=N–C) groups is 1. The van der Waals surface area contributed by atoms with E-state index in [2.05, 4.69) is 21.9 Å². The Morgan fingerprint density at radius 2 is 2.25 bits per heavy atom. The summed E-state index contributed by atoms with van der Waals surface area (Å²) < 4.78 is 12.6. The smallest absolute Gasteiger partial charge is 0.214 e. The van der Waals surface area contributed by atoms with Crippen LogP contribution in [0.15, 0.2) is 23.7 Å². The van der Waals surface area contributed by atoms with Gasteiger partial charge in [-0.05, 0) is 12.1 Å². The van der Waals surface area contributed by atoms with E-state index in [1.54, 1.807) is 6.07 Å². The number of halogens is 1. The lowest BCUT2D eigenvalue weighted by atomic mass is 10.2. The third-order valence-corrected chi connectivity index (χ3v) is 1.59. The molecule has 0 aliphatic carbocycles. The van der Waals surface area contributed by atoms with Gasteiger partial charge >= 0.3 is 0 Å². The van der Waals surface area contributed by atoms with Gasteiger partial charge in [0.05, 0.1) is 6.34 Å². The Bertz CT molecular complexity index is 371. The summed E-state index contributed by atoms with van der Waals surface area (Å²) in [5, 5.41) is 2.81. The van der Waals surface area contributed by atoms with Crippen LogP contribution in [-0.2, 0) is 0 Å². The first-order chi connectivity index (χ1) is 5.77. The summed E-state index contributed by atoms with van der Waals surface area (Å²) in [6.45, 7) is 3.72. The zero-order chi connectivity index (χ0) is 8.55. The van der Waals surface area contributed by atoms with Gasteiger partial charge in [-0.25, -0.2) is 4.99 Å². The van der Waals surface area contributed by atoms with Crippen molar-refractivity contribution in [3.8, 4) is 0 Å². The van der Waals surface area contributed by atoms with E-state index in [4.69, 9.17) is 0 Å². The fourth-order valence-corrected chi connectivity index (χ4v) is 1.01. The maximum absolute atomic E-state index is 12.6. The molecule has 0 amide bonds. The lowest BCUT2D eigenvalue weighted by Crippen LogP contribution is -2.12. The lowest BCUT2D eigenvalue weighted by molar-refractivity contribution is 0.584. The molecule has 0 bridgehead atoms. The van der Waals surface area contributed by atoms with Gasteiger partial charge < -0.3 is 5.32 Å². The number of pyridine rings is 1. The standard InChI is InChI=1S/C8H6FN3/c1-5-6-2-3-7(9)12-8(6)11-4-10-5/h2-4H,1H2,(H,10,11,12). The van der Waals surface area contributed by atoms with E-state index in [0.29, 0.717) is 11.5 Å². The van der Waals surface area contributed by atoms with E-state index in [0.717, 1.165) is 5.56 Å². The molecule has 1 aliphatic rings. The van der Waals surface area contributed by atoms with E-state index in [1.807, 2.05) is 0 Å². The van der Waals surface area contributed by atoms with Crippen LogP contribution in [-0.4, -0.2) is 11.3 Å². The van der Waals surface area contributed by atoms with Crippen LogP contribution in [0.4, 0.5) is 10.2 Å². The Balaban J connectivity index is 2.62. The highest BCUT2D eigenvalue weighted by atomic mass is 19.1. The van der Waals surface area contributed by atoms with Crippen LogP contribution in [0.5, 0.6) is 0 Å². The SMILES string of the molecule is C=C1NC=Nc2nc(F)ccc21. The van der Waals surface area contributed by atoms with Crippen molar-refractivity contribution in [2.45, 2.75) is 0 Å². The van der Waals surface area contributed by atoms with Crippen LogP contribution in [0, 0.1) is 5.95 Å². The minimum Gasteiger partial charge on any atom is -0.346 e. The fraction of sp³-hybridized carbons (Fsp3) is 0. The summed E-state index contributed by atoms with van der Waals surface area (Å²) in [7, 11) is 0. The molecule has 0 fully saturated rings. The molecule has 0 saturated carbocycles. The molecule has 0 saturated heterocycles. The molecular formula is C8H6FN3.